The number of methoxy groups -OCH3 is 1. The molecule has 0 aliphatic rings. The van der Waals surface area contributed by atoms with Crippen LogP contribution in [0.15, 0.2) is 12.1 Å². The smallest absolute Gasteiger partial charge is 0.465 e. The summed E-state index contributed by atoms with van der Waals surface area (Å²) in [7, 11) is 1.01. The number of hydrogen-bond donors (Lipinski definition) is 1. The van der Waals surface area contributed by atoms with Crippen LogP contribution in [0, 0.1) is 5.82 Å². The number of carbonyl (C=O) groups excluding carboxylic acids is 1. The van der Waals surface area contributed by atoms with E-state index in [0.29, 0.717) is 12.1 Å². The second-order valence-electron chi connectivity index (χ2n) is 2.91. The molecule has 17 heavy (non-hydrogen) atoms. The van der Waals surface area contributed by atoms with Crippen molar-refractivity contribution in [2.24, 2.45) is 0 Å². The van der Waals surface area contributed by atoms with Crippen molar-refractivity contribution in [3.8, 4) is 5.75 Å². The van der Waals surface area contributed by atoms with Gasteiger partial charge in [0.1, 0.15) is 0 Å². The zero-order chi connectivity index (χ0) is 13.2. The Bertz CT molecular complexity index is 445. The van der Waals surface area contributed by atoms with Crippen LogP contribution < -0.4 is 10.5 Å². The van der Waals surface area contributed by atoms with Gasteiger partial charge in [0.05, 0.1) is 12.7 Å². The zero-order valence-corrected chi connectivity index (χ0v) is 8.47. The van der Waals surface area contributed by atoms with Gasteiger partial charge in [0.15, 0.2) is 11.6 Å². The summed E-state index contributed by atoms with van der Waals surface area (Å²) in [5.41, 5.74) is 4.50. The minimum absolute atomic E-state index is 0.344. The number of hydrogen-bond acceptors (Lipinski definition) is 4. The first-order chi connectivity index (χ1) is 7.74. The average Bonchev–Trinajstić information content (AvgIpc) is 2.19. The third-order valence-corrected chi connectivity index (χ3v) is 1.74. The Morgan fingerprint density at radius 1 is 1.35 bits per heavy atom. The fourth-order valence-corrected chi connectivity index (χ4v) is 1.06. The fourth-order valence-electron chi connectivity index (χ4n) is 1.06. The molecule has 0 aromatic heterocycles. The summed E-state index contributed by atoms with van der Waals surface area (Å²) >= 11 is 0. The molecule has 0 saturated heterocycles. The number of nitrogen functional groups attached to an aromatic ring is 1. The molecule has 8 heteroatoms. The van der Waals surface area contributed by atoms with Crippen molar-refractivity contribution in [2.75, 3.05) is 12.8 Å². The van der Waals surface area contributed by atoms with Crippen molar-refractivity contribution in [3.63, 3.8) is 0 Å². The van der Waals surface area contributed by atoms with E-state index >= 15 is 0 Å². The van der Waals surface area contributed by atoms with E-state index in [-0.39, 0.29) is 5.69 Å². The van der Waals surface area contributed by atoms with Crippen LogP contribution in [0.25, 0.3) is 0 Å². The maximum absolute atomic E-state index is 13.1. The van der Waals surface area contributed by atoms with Gasteiger partial charge in [-0.3, -0.25) is 0 Å². The van der Waals surface area contributed by atoms with E-state index in [1.807, 2.05) is 0 Å². The molecule has 0 bridgehead atoms. The van der Waals surface area contributed by atoms with Crippen molar-refractivity contribution in [2.45, 2.75) is 6.36 Å². The second kappa shape index (κ2) is 4.48. The highest BCUT2D eigenvalue weighted by Crippen LogP contribution is 2.29. The van der Waals surface area contributed by atoms with E-state index in [1.54, 1.807) is 0 Å². The molecule has 0 radical (unpaired) electrons. The lowest BCUT2D eigenvalue weighted by atomic mass is 10.1. The number of alkyl halides is 3. The van der Waals surface area contributed by atoms with Crippen molar-refractivity contribution < 1.29 is 31.8 Å². The molecule has 0 spiro atoms. The van der Waals surface area contributed by atoms with Crippen LogP contribution in [0.1, 0.15) is 10.4 Å². The molecule has 0 amide bonds. The molecule has 0 fully saturated rings. The lowest BCUT2D eigenvalue weighted by molar-refractivity contribution is -0.275. The van der Waals surface area contributed by atoms with Gasteiger partial charge in [-0.15, -0.1) is 13.2 Å². The molecular formula is C9H7F4NO3. The lowest BCUT2D eigenvalue weighted by Crippen LogP contribution is -2.19. The summed E-state index contributed by atoms with van der Waals surface area (Å²) in [6.45, 7) is 0. The monoisotopic (exact) mass is 253 g/mol. The number of ether oxygens (including phenoxy) is 2. The van der Waals surface area contributed by atoms with Gasteiger partial charge in [0, 0.05) is 17.8 Å². The number of rotatable bonds is 2. The Morgan fingerprint density at radius 2 is 1.94 bits per heavy atom. The van der Waals surface area contributed by atoms with Crippen LogP contribution in [0.4, 0.5) is 23.2 Å². The fraction of sp³-hybridized carbons (Fsp3) is 0.222. The molecule has 1 rings (SSSR count). The number of carbonyl (C=O) groups is 1. The molecule has 2 N–H and O–H groups in total. The van der Waals surface area contributed by atoms with Gasteiger partial charge in [-0.05, 0) is 0 Å². The summed E-state index contributed by atoms with van der Waals surface area (Å²) in [4.78, 5) is 11.1. The van der Waals surface area contributed by atoms with Crippen LogP contribution >= 0.6 is 0 Å². The maximum atomic E-state index is 13.1. The zero-order valence-electron chi connectivity index (χ0n) is 8.47. The third kappa shape index (κ3) is 3.23. The molecule has 0 heterocycles. The van der Waals surface area contributed by atoms with Gasteiger partial charge in [-0.2, -0.15) is 0 Å². The van der Waals surface area contributed by atoms with Crippen LogP contribution in [0.2, 0.25) is 0 Å². The summed E-state index contributed by atoms with van der Waals surface area (Å²) < 4.78 is 56.4. The highest BCUT2D eigenvalue weighted by atomic mass is 19.4. The molecule has 0 atom stereocenters. The standard InChI is InChI=1S/C9H7F4NO3/c1-16-8(15)4-2-7(17-9(11,12)13)5(10)3-6(4)14/h2-3H,14H2,1H3. The van der Waals surface area contributed by atoms with Gasteiger partial charge in [-0.1, -0.05) is 0 Å². The molecular weight excluding hydrogens is 246 g/mol. The average molecular weight is 253 g/mol. The van der Waals surface area contributed by atoms with Crippen LogP contribution in [-0.4, -0.2) is 19.4 Å². The largest absolute Gasteiger partial charge is 0.573 e. The van der Waals surface area contributed by atoms with Crippen molar-refractivity contribution in [3.05, 3.63) is 23.5 Å². The first-order valence-corrected chi connectivity index (χ1v) is 4.17. The summed E-state index contributed by atoms with van der Waals surface area (Å²) in [5, 5.41) is 0. The second-order valence-corrected chi connectivity index (χ2v) is 2.91. The van der Waals surface area contributed by atoms with E-state index in [4.69, 9.17) is 5.73 Å². The first-order valence-electron chi connectivity index (χ1n) is 4.17. The Morgan fingerprint density at radius 3 is 2.41 bits per heavy atom. The van der Waals surface area contributed by atoms with E-state index < -0.39 is 29.5 Å². The van der Waals surface area contributed by atoms with Crippen LogP contribution in [-0.2, 0) is 4.74 Å². The molecule has 0 aliphatic heterocycles. The SMILES string of the molecule is COC(=O)c1cc(OC(F)(F)F)c(F)cc1N. The van der Waals surface area contributed by atoms with Crippen molar-refractivity contribution in [1.29, 1.82) is 0 Å². The quantitative estimate of drug-likeness (QED) is 0.498. The van der Waals surface area contributed by atoms with Crippen LogP contribution in [0.5, 0.6) is 5.75 Å². The highest BCUT2D eigenvalue weighted by molar-refractivity contribution is 5.95. The van der Waals surface area contributed by atoms with Gasteiger partial charge >= 0.3 is 12.3 Å². The van der Waals surface area contributed by atoms with E-state index in [1.165, 1.54) is 0 Å². The molecule has 1 aromatic carbocycles. The number of nitrogens with two attached hydrogens (primary N) is 1. The Kier molecular flexibility index (Phi) is 3.45. The number of anilines is 1. The minimum atomic E-state index is -5.07. The van der Waals surface area contributed by atoms with E-state index in [0.717, 1.165) is 7.11 Å². The predicted molar refractivity (Wildman–Crippen MR) is 48.8 cm³/mol. The molecule has 1 aromatic rings. The van der Waals surface area contributed by atoms with Gasteiger partial charge in [0.2, 0.25) is 0 Å². The topological polar surface area (TPSA) is 61.5 Å². The first kappa shape index (κ1) is 13.1. The molecule has 4 nitrogen and oxygen atoms in total. The highest BCUT2D eigenvalue weighted by Gasteiger charge is 2.33. The lowest BCUT2D eigenvalue weighted by Gasteiger charge is -2.11. The summed E-state index contributed by atoms with van der Waals surface area (Å²) in [6, 6.07) is 1.08. The molecule has 0 unspecified atom stereocenters. The Hall–Kier alpha value is -1.99. The van der Waals surface area contributed by atoms with Crippen molar-refractivity contribution in [1.82, 2.24) is 0 Å². The summed E-state index contributed by atoms with van der Waals surface area (Å²) in [6.07, 6.45) is -5.07. The molecule has 0 saturated carbocycles. The maximum Gasteiger partial charge on any atom is 0.573 e. The summed E-state index contributed by atoms with van der Waals surface area (Å²) in [5.74, 6) is -3.46. The van der Waals surface area contributed by atoms with Crippen LogP contribution in [0.3, 0.4) is 0 Å². The van der Waals surface area contributed by atoms with Gasteiger partial charge in [-0.25, -0.2) is 9.18 Å². The number of esters is 1. The number of benzene rings is 1. The van der Waals surface area contributed by atoms with Crippen molar-refractivity contribution >= 4 is 11.7 Å². The normalized spacial score (nSPS) is 11.1. The Labute approximate surface area is 92.9 Å². The molecule has 0 aliphatic carbocycles. The van der Waals surface area contributed by atoms with E-state index in [9.17, 15) is 22.4 Å². The minimum Gasteiger partial charge on any atom is -0.465 e. The number of halogens is 4. The van der Waals surface area contributed by atoms with E-state index in [2.05, 4.69) is 9.47 Å². The van der Waals surface area contributed by atoms with Gasteiger partial charge < -0.3 is 15.2 Å². The third-order valence-electron chi connectivity index (χ3n) is 1.74. The molecule has 94 valence electrons. The van der Waals surface area contributed by atoms with Gasteiger partial charge in [0.25, 0.3) is 0 Å². The Balaban J connectivity index is 3.19. The predicted octanol–water partition coefficient (Wildman–Crippen LogP) is 2.09.